The number of rotatable bonds is 11. The zero-order valence-corrected chi connectivity index (χ0v) is 13.8. The Balaban J connectivity index is 2.97. The van der Waals surface area contributed by atoms with Gasteiger partial charge in [-0.15, -0.1) is 0 Å². The van der Waals surface area contributed by atoms with Crippen molar-refractivity contribution in [1.82, 2.24) is 0 Å². The molecular formula is C14H20N6O5. The van der Waals surface area contributed by atoms with Gasteiger partial charge in [0.05, 0.1) is 38.5 Å². The van der Waals surface area contributed by atoms with Crippen molar-refractivity contribution in [2.45, 2.75) is 31.4 Å². The minimum Gasteiger partial charge on any atom is -0.497 e. The lowest BCUT2D eigenvalue weighted by Gasteiger charge is -2.29. The van der Waals surface area contributed by atoms with Crippen LogP contribution in [-0.2, 0) is 4.74 Å². The third-order valence-electron chi connectivity index (χ3n) is 3.24. The van der Waals surface area contributed by atoms with Gasteiger partial charge in [-0.25, -0.2) is 0 Å². The molecule has 11 heteroatoms. The summed E-state index contributed by atoms with van der Waals surface area (Å²) in [6, 6.07) is 4.82. The predicted molar refractivity (Wildman–Crippen MR) is 88.0 cm³/mol. The lowest BCUT2D eigenvalue weighted by molar-refractivity contribution is -0.148. The second kappa shape index (κ2) is 11.0. The minimum absolute atomic E-state index is 0.409. The van der Waals surface area contributed by atoms with Crippen molar-refractivity contribution < 1.29 is 24.4 Å². The molecule has 0 radical (unpaired) electrons. The number of methoxy groups -OCH3 is 1. The van der Waals surface area contributed by atoms with E-state index in [4.69, 9.17) is 25.3 Å². The zero-order chi connectivity index (χ0) is 18.7. The van der Waals surface area contributed by atoms with Crippen LogP contribution in [0.1, 0.15) is 6.92 Å². The maximum Gasteiger partial charge on any atom is 0.208 e. The van der Waals surface area contributed by atoms with Crippen LogP contribution in [0.5, 0.6) is 11.5 Å². The molecule has 136 valence electrons. The lowest BCUT2D eigenvalue weighted by Crippen LogP contribution is -2.42. The van der Waals surface area contributed by atoms with Gasteiger partial charge in [-0.3, -0.25) is 0 Å². The van der Waals surface area contributed by atoms with Crippen molar-refractivity contribution in [3.8, 4) is 11.5 Å². The van der Waals surface area contributed by atoms with Gasteiger partial charge in [0, 0.05) is 9.82 Å². The average molecular weight is 352 g/mol. The first-order valence-electron chi connectivity index (χ1n) is 7.35. The minimum atomic E-state index is -1.08. The second-order valence-electron chi connectivity index (χ2n) is 4.92. The summed E-state index contributed by atoms with van der Waals surface area (Å²) >= 11 is 0. The normalized spacial score (nSPS) is 15.0. The Bertz CT molecular complexity index is 615. The fourth-order valence-corrected chi connectivity index (χ4v) is 1.89. The highest BCUT2D eigenvalue weighted by molar-refractivity contribution is 5.31. The van der Waals surface area contributed by atoms with Gasteiger partial charge in [0.1, 0.15) is 11.5 Å². The second-order valence-corrected chi connectivity index (χ2v) is 4.92. The molecule has 2 N–H and O–H groups in total. The average Bonchev–Trinajstić information content (AvgIpc) is 2.64. The SMILES string of the molecule is COc1ccc(O[C@H](OC(CO)[C@H](CO)N=[N+]=[N-])[C@@H](C)N=[N+]=[N-])cc1. The molecule has 0 aliphatic rings. The van der Waals surface area contributed by atoms with E-state index < -0.39 is 37.7 Å². The summed E-state index contributed by atoms with van der Waals surface area (Å²) in [6.07, 6.45) is -2.12. The molecule has 0 aliphatic carbocycles. The molecule has 0 heterocycles. The molecule has 1 rings (SSSR count). The number of nitrogens with zero attached hydrogens (tertiary/aromatic N) is 6. The van der Waals surface area contributed by atoms with E-state index in [9.17, 15) is 10.2 Å². The van der Waals surface area contributed by atoms with Crippen molar-refractivity contribution >= 4 is 0 Å². The smallest absolute Gasteiger partial charge is 0.208 e. The first-order valence-corrected chi connectivity index (χ1v) is 7.35. The molecule has 0 aliphatic heterocycles. The highest BCUT2D eigenvalue weighted by Crippen LogP contribution is 2.21. The van der Waals surface area contributed by atoms with Crippen molar-refractivity contribution in [3.05, 3.63) is 45.2 Å². The van der Waals surface area contributed by atoms with E-state index in [2.05, 4.69) is 20.1 Å². The summed E-state index contributed by atoms with van der Waals surface area (Å²) in [5, 5.41) is 25.6. The lowest BCUT2D eigenvalue weighted by atomic mass is 10.2. The van der Waals surface area contributed by atoms with Crippen LogP contribution in [0, 0.1) is 0 Å². The first kappa shape index (κ1) is 20.4. The predicted octanol–water partition coefficient (Wildman–Crippen LogP) is 2.15. The van der Waals surface area contributed by atoms with E-state index in [0.29, 0.717) is 11.5 Å². The Morgan fingerprint density at radius 3 is 2.12 bits per heavy atom. The molecule has 4 atom stereocenters. The van der Waals surface area contributed by atoms with Crippen LogP contribution in [0.15, 0.2) is 34.5 Å². The van der Waals surface area contributed by atoms with E-state index in [1.54, 1.807) is 31.2 Å². The van der Waals surface area contributed by atoms with Gasteiger partial charge < -0.3 is 24.4 Å². The molecule has 0 aromatic heterocycles. The Morgan fingerprint density at radius 1 is 1.04 bits per heavy atom. The number of aliphatic hydroxyl groups is 2. The standard InChI is InChI=1S/C14H20N6O5/c1-9(17-19-15)14(24-11-5-3-10(23-2)4-6-11)25-13(8-22)12(7-21)18-20-16/h3-6,9,12-14,21-22H,7-8H2,1-2H3/t9-,12+,13?,14-/m1/s1. The van der Waals surface area contributed by atoms with E-state index in [0.717, 1.165) is 0 Å². The Labute approximate surface area is 144 Å². The van der Waals surface area contributed by atoms with Crippen LogP contribution in [0.25, 0.3) is 20.9 Å². The monoisotopic (exact) mass is 352 g/mol. The molecule has 0 bridgehead atoms. The molecule has 1 aromatic carbocycles. The summed E-state index contributed by atoms with van der Waals surface area (Å²) in [5.41, 5.74) is 17.2. The zero-order valence-electron chi connectivity index (χ0n) is 13.8. The molecule has 0 spiro atoms. The number of benzene rings is 1. The van der Waals surface area contributed by atoms with Crippen LogP contribution in [0.3, 0.4) is 0 Å². The molecule has 0 saturated carbocycles. The fourth-order valence-electron chi connectivity index (χ4n) is 1.89. The van der Waals surface area contributed by atoms with Gasteiger partial charge in [0.15, 0.2) is 0 Å². The molecule has 11 nitrogen and oxygen atoms in total. The van der Waals surface area contributed by atoms with Crippen molar-refractivity contribution in [2.24, 2.45) is 10.2 Å². The summed E-state index contributed by atoms with van der Waals surface area (Å²) < 4.78 is 16.3. The third kappa shape index (κ3) is 6.38. The Kier molecular flexibility index (Phi) is 8.94. The molecule has 0 amide bonds. The highest BCUT2D eigenvalue weighted by atomic mass is 16.7. The summed E-state index contributed by atoms with van der Waals surface area (Å²) in [5.74, 6) is 1.04. The molecule has 0 saturated heterocycles. The van der Waals surface area contributed by atoms with Gasteiger partial charge in [-0.1, -0.05) is 17.2 Å². The molecule has 1 aromatic rings. The van der Waals surface area contributed by atoms with Gasteiger partial charge in [-0.05, 0) is 35.3 Å². The number of aliphatic hydroxyl groups excluding tert-OH is 2. The van der Waals surface area contributed by atoms with Crippen LogP contribution in [-0.4, -0.2) is 55.0 Å². The Hall–Kier alpha value is -2.68. The summed E-state index contributed by atoms with van der Waals surface area (Å²) in [4.78, 5) is 5.32. The number of hydrogen-bond donors (Lipinski definition) is 2. The van der Waals surface area contributed by atoms with Gasteiger partial charge in [0.2, 0.25) is 6.29 Å². The van der Waals surface area contributed by atoms with E-state index in [1.807, 2.05) is 0 Å². The Morgan fingerprint density at radius 2 is 1.64 bits per heavy atom. The molecule has 0 fully saturated rings. The molecule has 25 heavy (non-hydrogen) atoms. The quantitative estimate of drug-likeness (QED) is 0.269. The van der Waals surface area contributed by atoms with E-state index in [-0.39, 0.29) is 0 Å². The maximum atomic E-state index is 9.45. The largest absolute Gasteiger partial charge is 0.497 e. The van der Waals surface area contributed by atoms with Gasteiger partial charge in [-0.2, -0.15) is 0 Å². The highest BCUT2D eigenvalue weighted by Gasteiger charge is 2.28. The van der Waals surface area contributed by atoms with E-state index >= 15 is 0 Å². The topological polar surface area (TPSA) is 166 Å². The molecular weight excluding hydrogens is 332 g/mol. The summed E-state index contributed by atoms with van der Waals surface area (Å²) in [6.45, 7) is 0.500. The summed E-state index contributed by atoms with van der Waals surface area (Å²) in [7, 11) is 1.53. The number of azide groups is 2. The number of hydrogen-bond acceptors (Lipinski definition) is 7. The third-order valence-corrected chi connectivity index (χ3v) is 3.24. The van der Waals surface area contributed by atoms with Crippen LogP contribution in [0.4, 0.5) is 0 Å². The van der Waals surface area contributed by atoms with Crippen LogP contribution in [0.2, 0.25) is 0 Å². The van der Waals surface area contributed by atoms with Gasteiger partial charge in [0.25, 0.3) is 0 Å². The molecule has 1 unspecified atom stereocenters. The number of ether oxygens (including phenoxy) is 3. The van der Waals surface area contributed by atoms with Crippen LogP contribution < -0.4 is 9.47 Å². The van der Waals surface area contributed by atoms with Crippen LogP contribution >= 0.6 is 0 Å². The van der Waals surface area contributed by atoms with E-state index in [1.165, 1.54) is 7.11 Å². The van der Waals surface area contributed by atoms with Crippen molar-refractivity contribution in [3.63, 3.8) is 0 Å². The first-order chi connectivity index (χ1) is 12.1. The van der Waals surface area contributed by atoms with Crippen molar-refractivity contribution in [1.29, 1.82) is 0 Å². The fraction of sp³-hybridized carbons (Fsp3) is 0.571. The van der Waals surface area contributed by atoms with Crippen molar-refractivity contribution in [2.75, 3.05) is 20.3 Å². The maximum absolute atomic E-state index is 9.45. The van der Waals surface area contributed by atoms with Gasteiger partial charge >= 0.3 is 0 Å².